The maximum atomic E-state index is 6.15. The monoisotopic (exact) mass is 427 g/mol. The molecular weight excluding hydrogens is 394 g/mol. The van der Waals surface area contributed by atoms with E-state index in [9.17, 15) is 0 Å². The standard InChI is InChI=1S/C29H33NO2/c1-31-25-16-15-22-10-7-14-28(26(22)19-25)30-18-8-17-29(24-11-3-2-4-12-24)21-32-20-23-9-5-6-13-27(23)29/h2-6,9,11-13,15-16,19,28,30H,7-8,10,14,17-18,20-21H2,1H3. The summed E-state index contributed by atoms with van der Waals surface area (Å²) < 4.78 is 11.6. The van der Waals surface area contributed by atoms with E-state index in [4.69, 9.17) is 9.47 Å². The molecule has 0 saturated heterocycles. The number of ether oxygens (including phenoxy) is 2. The molecule has 0 spiro atoms. The molecule has 2 aliphatic rings. The first-order chi connectivity index (χ1) is 15.8. The maximum Gasteiger partial charge on any atom is 0.119 e. The lowest BCUT2D eigenvalue weighted by Gasteiger charge is -2.40. The predicted molar refractivity (Wildman–Crippen MR) is 129 cm³/mol. The minimum atomic E-state index is -0.0779. The van der Waals surface area contributed by atoms with Crippen molar-refractivity contribution in [2.45, 2.75) is 50.2 Å². The van der Waals surface area contributed by atoms with Crippen molar-refractivity contribution in [3.8, 4) is 5.75 Å². The van der Waals surface area contributed by atoms with Gasteiger partial charge in [-0.15, -0.1) is 0 Å². The molecule has 0 bridgehead atoms. The third-order valence-corrected chi connectivity index (χ3v) is 7.30. The van der Waals surface area contributed by atoms with Gasteiger partial charge in [-0.2, -0.15) is 0 Å². The first-order valence-corrected chi connectivity index (χ1v) is 11.9. The summed E-state index contributed by atoms with van der Waals surface area (Å²) in [5, 5.41) is 3.86. The zero-order chi connectivity index (χ0) is 21.8. The van der Waals surface area contributed by atoms with Gasteiger partial charge < -0.3 is 14.8 Å². The number of methoxy groups -OCH3 is 1. The fraction of sp³-hybridized carbons (Fsp3) is 0.379. The first kappa shape index (κ1) is 21.2. The van der Waals surface area contributed by atoms with E-state index in [1.54, 1.807) is 7.11 Å². The second kappa shape index (κ2) is 9.48. The minimum absolute atomic E-state index is 0.0779. The van der Waals surface area contributed by atoms with Crippen LogP contribution in [-0.2, 0) is 23.2 Å². The lowest BCUT2D eigenvalue weighted by atomic mass is 9.69. The zero-order valence-corrected chi connectivity index (χ0v) is 19.0. The van der Waals surface area contributed by atoms with Gasteiger partial charge in [-0.05, 0) is 78.6 Å². The Kier molecular flexibility index (Phi) is 6.29. The van der Waals surface area contributed by atoms with Crippen molar-refractivity contribution in [1.29, 1.82) is 0 Å². The van der Waals surface area contributed by atoms with Crippen LogP contribution in [0.25, 0.3) is 0 Å². The quantitative estimate of drug-likeness (QED) is 0.472. The normalized spacial score (nSPS) is 22.1. The second-order valence-electron chi connectivity index (χ2n) is 9.17. The molecular formula is C29H33NO2. The molecule has 0 aromatic heterocycles. The van der Waals surface area contributed by atoms with Crippen LogP contribution in [0, 0.1) is 0 Å². The smallest absolute Gasteiger partial charge is 0.119 e. The average Bonchev–Trinajstić information content (AvgIpc) is 2.87. The molecule has 1 N–H and O–H groups in total. The minimum Gasteiger partial charge on any atom is -0.497 e. The number of nitrogens with one attached hydrogen (secondary N) is 1. The van der Waals surface area contributed by atoms with Crippen molar-refractivity contribution in [1.82, 2.24) is 5.32 Å². The van der Waals surface area contributed by atoms with Gasteiger partial charge in [0.2, 0.25) is 0 Å². The summed E-state index contributed by atoms with van der Waals surface area (Å²) in [7, 11) is 1.75. The van der Waals surface area contributed by atoms with E-state index >= 15 is 0 Å². The summed E-state index contributed by atoms with van der Waals surface area (Å²) in [5.41, 5.74) is 6.92. The summed E-state index contributed by atoms with van der Waals surface area (Å²) >= 11 is 0. The van der Waals surface area contributed by atoms with E-state index in [1.807, 2.05) is 0 Å². The van der Waals surface area contributed by atoms with Crippen LogP contribution in [0.2, 0.25) is 0 Å². The molecule has 5 rings (SSSR count). The third-order valence-electron chi connectivity index (χ3n) is 7.30. The molecule has 0 saturated carbocycles. The fourth-order valence-corrected chi connectivity index (χ4v) is 5.66. The summed E-state index contributed by atoms with van der Waals surface area (Å²) in [6, 6.07) is 26.7. The molecule has 0 radical (unpaired) electrons. The summed E-state index contributed by atoms with van der Waals surface area (Å²) in [5.74, 6) is 0.955. The fourth-order valence-electron chi connectivity index (χ4n) is 5.66. The molecule has 3 nitrogen and oxygen atoms in total. The third kappa shape index (κ3) is 4.07. The van der Waals surface area contributed by atoms with E-state index in [0.717, 1.165) is 31.7 Å². The van der Waals surface area contributed by atoms with Crippen molar-refractivity contribution in [2.75, 3.05) is 20.3 Å². The number of fused-ring (bicyclic) bond motifs is 2. The van der Waals surface area contributed by atoms with Gasteiger partial charge in [0.15, 0.2) is 0 Å². The molecule has 3 heteroatoms. The lowest BCUT2D eigenvalue weighted by molar-refractivity contribution is 0.0612. The lowest BCUT2D eigenvalue weighted by Crippen LogP contribution is -2.38. The largest absolute Gasteiger partial charge is 0.497 e. The van der Waals surface area contributed by atoms with E-state index in [0.29, 0.717) is 12.6 Å². The Labute approximate surface area is 191 Å². The van der Waals surface area contributed by atoms with Crippen LogP contribution in [0.15, 0.2) is 72.8 Å². The van der Waals surface area contributed by atoms with Gasteiger partial charge in [0, 0.05) is 11.5 Å². The highest BCUT2D eigenvalue weighted by Gasteiger charge is 2.38. The Bertz CT molecular complexity index is 1050. The van der Waals surface area contributed by atoms with Crippen molar-refractivity contribution in [3.05, 3.63) is 101 Å². The molecule has 0 amide bonds. The average molecular weight is 428 g/mol. The van der Waals surface area contributed by atoms with Crippen LogP contribution in [0.5, 0.6) is 5.75 Å². The maximum absolute atomic E-state index is 6.15. The molecule has 32 heavy (non-hydrogen) atoms. The molecule has 1 aliphatic carbocycles. The highest BCUT2D eigenvalue weighted by atomic mass is 16.5. The number of hydrogen-bond donors (Lipinski definition) is 1. The summed E-state index contributed by atoms with van der Waals surface area (Å²) in [6.45, 7) is 2.46. The Morgan fingerprint density at radius 1 is 1.00 bits per heavy atom. The number of benzene rings is 3. The Balaban J connectivity index is 1.33. The summed E-state index contributed by atoms with van der Waals surface area (Å²) in [4.78, 5) is 0. The Hall–Kier alpha value is -2.62. The van der Waals surface area contributed by atoms with Crippen LogP contribution in [0.1, 0.15) is 59.5 Å². The molecule has 1 heterocycles. The van der Waals surface area contributed by atoms with Crippen LogP contribution < -0.4 is 10.1 Å². The van der Waals surface area contributed by atoms with E-state index in [-0.39, 0.29) is 5.41 Å². The molecule has 0 fully saturated rings. The second-order valence-corrected chi connectivity index (χ2v) is 9.17. The zero-order valence-electron chi connectivity index (χ0n) is 19.0. The van der Waals surface area contributed by atoms with Gasteiger partial charge in [0.05, 0.1) is 20.3 Å². The van der Waals surface area contributed by atoms with Gasteiger partial charge in [-0.3, -0.25) is 0 Å². The molecule has 1 aliphatic heterocycles. The van der Waals surface area contributed by atoms with Gasteiger partial charge in [-0.1, -0.05) is 60.7 Å². The topological polar surface area (TPSA) is 30.5 Å². The number of aryl methyl sites for hydroxylation is 1. The Morgan fingerprint density at radius 2 is 1.84 bits per heavy atom. The van der Waals surface area contributed by atoms with Crippen LogP contribution in [0.4, 0.5) is 0 Å². The molecule has 3 aromatic carbocycles. The van der Waals surface area contributed by atoms with Crippen LogP contribution in [-0.4, -0.2) is 20.3 Å². The highest BCUT2D eigenvalue weighted by Crippen LogP contribution is 2.42. The Morgan fingerprint density at radius 3 is 2.72 bits per heavy atom. The predicted octanol–water partition coefficient (Wildman–Crippen LogP) is 5.96. The molecule has 166 valence electrons. The summed E-state index contributed by atoms with van der Waals surface area (Å²) in [6.07, 6.45) is 5.77. The molecule has 3 aromatic rings. The van der Waals surface area contributed by atoms with Crippen LogP contribution in [0.3, 0.4) is 0 Å². The van der Waals surface area contributed by atoms with Gasteiger partial charge in [0.1, 0.15) is 5.75 Å². The first-order valence-electron chi connectivity index (χ1n) is 11.9. The van der Waals surface area contributed by atoms with Crippen LogP contribution >= 0.6 is 0 Å². The molecule has 2 atom stereocenters. The van der Waals surface area contributed by atoms with E-state index in [2.05, 4.69) is 78.1 Å². The SMILES string of the molecule is COc1ccc2c(c1)C(NCCCC1(c3ccccc3)COCc3ccccc31)CCC2. The van der Waals surface area contributed by atoms with E-state index < -0.39 is 0 Å². The van der Waals surface area contributed by atoms with Gasteiger partial charge in [-0.25, -0.2) is 0 Å². The van der Waals surface area contributed by atoms with Crippen molar-refractivity contribution < 1.29 is 9.47 Å². The van der Waals surface area contributed by atoms with E-state index in [1.165, 1.54) is 47.1 Å². The van der Waals surface area contributed by atoms with Crippen molar-refractivity contribution in [3.63, 3.8) is 0 Å². The van der Waals surface area contributed by atoms with Crippen molar-refractivity contribution in [2.24, 2.45) is 0 Å². The molecule has 2 unspecified atom stereocenters. The number of rotatable bonds is 7. The van der Waals surface area contributed by atoms with Gasteiger partial charge in [0.25, 0.3) is 0 Å². The number of hydrogen-bond acceptors (Lipinski definition) is 3. The highest BCUT2D eigenvalue weighted by molar-refractivity contribution is 5.45. The van der Waals surface area contributed by atoms with Crippen molar-refractivity contribution >= 4 is 0 Å². The van der Waals surface area contributed by atoms with Gasteiger partial charge >= 0.3 is 0 Å².